The molecule has 0 bridgehead atoms. The van der Waals surface area contributed by atoms with Crippen LogP contribution in [0.2, 0.25) is 0 Å². The highest BCUT2D eigenvalue weighted by Gasteiger charge is 2.18. The van der Waals surface area contributed by atoms with E-state index >= 15 is 0 Å². The van der Waals surface area contributed by atoms with E-state index in [1.165, 1.54) is 14.8 Å². The number of benzene rings is 7. The van der Waals surface area contributed by atoms with Gasteiger partial charge in [0.15, 0.2) is 17.5 Å². The SMILES string of the molecule is c1ccc(-c2nc(-c3ccc4c(c3)oc3ccccc34)nc(-c3ccc4sc5c(-c6cccc7c6oc6ccccc67)cccc5c4c3)n2)cc1. The first-order chi connectivity index (χ1) is 25.2. The molecule has 4 aromatic heterocycles. The summed E-state index contributed by atoms with van der Waals surface area (Å²) < 4.78 is 15.1. The first-order valence-corrected chi connectivity index (χ1v) is 17.7. The number of furan rings is 2. The smallest absolute Gasteiger partial charge is 0.164 e. The molecule has 4 heterocycles. The predicted octanol–water partition coefficient (Wildman–Crippen LogP) is 12.7. The van der Waals surface area contributed by atoms with E-state index < -0.39 is 0 Å². The molecule has 0 aliphatic carbocycles. The zero-order chi connectivity index (χ0) is 33.5. The molecule has 238 valence electrons. The minimum atomic E-state index is 0.595. The van der Waals surface area contributed by atoms with Crippen molar-refractivity contribution >= 4 is 75.4 Å². The Morgan fingerprint density at radius 2 is 0.961 bits per heavy atom. The van der Waals surface area contributed by atoms with Gasteiger partial charge >= 0.3 is 0 Å². The molecular formula is C45H25N3O2S. The van der Waals surface area contributed by atoms with Gasteiger partial charge in [0.2, 0.25) is 0 Å². The monoisotopic (exact) mass is 671 g/mol. The third kappa shape index (κ3) is 4.43. The Hall–Kier alpha value is -6.63. The topological polar surface area (TPSA) is 65.0 Å². The molecule has 0 saturated carbocycles. The van der Waals surface area contributed by atoms with Crippen molar-refractivity contribution in [2.45, 2.75) is 0 Å². The molecule has 0 saturated heterocycles. The standard InChI is InChI=1S/C45H25N3O2S/c1-2-10-26(11-3-1)43-46-44(48-45(47-43)28-20-22-31-29-12-4-6-18-37(29)49-39(31)25-28)27-21-23-40-36(24-27)35-17-9-16-34(42(35)51-40)33-15-8-14-32-30-13-5-7-19-38(30)50-41(32)33/h1-25H. The van der Waals surface area contributed by atoms with Gasteiger partial charge in [0.05, 0.1) is 0 Å². The van der Waals surface area contributed by atoms with Crippen molar-refractivity contribution in [2.24, 2.45) is 0 Å². The molecule has 0 radical (unpaired) electrons. The highest BCUT2D eigenvalue weighted by molar-refractivity contribution is 7.26. The van der Waals surface area contributed by atoms with Crippen molar-refractivity contribution in [1.29, 1.82) is 0 Å². The van der Waals surface area contributed by atoms with E-state index in [1.807, 2.05) is 66.7 Å². The molecule has 0 amide bonds. The van der Waals surface area contributed by atoms with E-state index in [9.17, 15) is 0 Å². The number of fused-ring (bicyclic) bond motifs is 9. The summed E-state index contributed by atoms with van der Waals surface area (Å²) in [5.74, 6) is 1.84. The molecule has 51 heavy (non-hydrogen) atoms. The minimum absolute atomic E-state index is 0.595. The quantitative estimate of drug-likeness (QED) is 0.186. The van der Waals surface area contributed by atoms with Gasteiger partial charge in [-0.1, -0.05) is 109 Å². The van der Waals surface area contributed by atoms with Gasteiger partial charge in [0, 0.05) is 69.5 Å². The lowest BCUT2D eigenvalue weighted by Gasteiger charge is -2.09. The van der Waals surface area contributed by atoms with Crippen LogP contribution in [-0.2, 0) is 0 Å². The average Bonchev–Trinajstić information content (AvgIpc) is 3.89. The fourth-order valence-electron chi connectivity index (χ4n) is 7.32. The Labute approximate surface area is 295 Å². The summed E-state index contributed by atoms with van der Waals surface area (Å²) in [4.78, 5) is 15.1. The van der Waals surface area contributed by atoms with Gasteiger partial charge in [-0.05, 0) is 42.5 Å². The maximum Gasteiger partial charge on any atom is 0.164 e. The normalized spacial score (nSPS) is 11.9. The molecule has 0 fully saturated rings. The second kappa shape index (κ2) is 10.9. The van der Waals surface area contributed by atoms with Crippen molar-refractivity contribution < 1.29 is 8.83 Å². The van der Waals surface area contributed by atoms with Gasteiger partial charge in [-0.2, -0.15) is 0 Å². The van der Waals surface area contributed by atoms with Gasteiger partial charge in [0.25, 0.3) is 0 Å². The molecule has 11 aromatic rings. The van der Waals surface area contributed by atoms with E-state index in [0.717, 1.165) is 77.1 Å². The highest BCUT2D eigenvalue weighted by atomic mass is 32.1. The second-order valence-electron chi connectivity index (χ2n) is 12.8. The summed E-state index contributed by atoms with van der Waals surface area (Å²) in [5.41, 5.74) is 8.46. The van der Waals surface area contributed by atoms with Crippen LogP contribution in [-0.4, -0.2) is 15.0 Å². The van der Waals surface area contributed by atoms with Gasteiger partial charge in [0.1, 0.15) is 22.3 Å². The van der Waals surface area contributed by atoms with E-state index in [4.69, 9.17) is 23.8 Å². The van der Waals surface area contributed by atoms with Crippen LogP contribution in [0.3, 0.4) is 0 Å². The summed E-state index contributed by atoms with van der Waals surface area (Å²) in [5, 5.41) is 6.77. The van der Waals surface area contributed by atoms with Gasteiger partial charge in [-0.3, -0.25) is 0 Å². The molecule has 0 aliphatic rings. The van der Waals surface area contributed by atoms with Crippen molar-refractivity contribution in [3.8, 4) is 45.3 Å². The predicted molar refractivity (Wildman–Crippen MR) is 209 cm³/mol. The summed E-state index contributed by atoms with van der Waals surface area (Å²) in [7, 11) is 0. The largest absolute Gasteiger partial charge is 0.456 e. The highest BCUT2D eigenvalue weighted by Crippen LogP contribution is 2.44. The fraction of sp³-hybridized carbons (Fsp3) is 0. The molecule has 0 N–H and O–H groups in total. The van der Waals surface area contributed by atoms with Crippen LogP contribution in [0.25, 0.3) is 109 Å². The lowest BCUT2D eigenvalue weighted by Crippen LogP contribution is -2.00. The lowest BCUT2D eigenvalue weighted by atomic mass is 10.00. The molecule has 0 unspecified atom stereocenters. The number of para-hydroxylation sites is 3. The molecule has 5 nitrogen and oxygen atoms in total. The third-order valence-electron chi connectivity index (χ3n) is 9.75. The summed E-state index contributed by atoms with van der Waals surface area (Å²) in [6.45, 7) is 0. The van der Waals surface area contributed by atoms with E-state index in [0.29, 0.717) is 17.5 Å². The number of thiophene rings is 1. The Kier molecular flexibility index (Phi) is 6.05. The summed E-state index contributed by atoms with van der Waals surface area (Å²) in [6, 6.07) is 52.1. The van der Waals surface area contributed by atoms with Crippen LogP contribution in [0.5, 0.6) is 0 Å². The number of rotatable bonds is 4. The van der Waals surface area contributed by atoms with Crippen LogP contribution in [0.15, 0.2) is 160 Å². The Morgan fingerprint density at radius 3 is 1.76 bits per heavy atom. The zero-order valence-electron chi connectivity index (χ0n) is 27.0. The van der Waals surface area contributed by atoms with Crippen LogP contribution in [0.4, 0.5) is 0 Å². The van der Waals surface area contributed by atoms with Gasteiger partial charge in [-0.15, -0.1) is 11.3 Å². The molecule has 7 aromatic carbocycles. The second-order valence-corrected chi connectivity index (χ2v) is 13.8. The Bertz CT molecular complexity index is 3160. The number of hydrogen-bond donors (Lipinski definition) is 0. The summed E-state index contributed by atoms with van der Waals surface area (Å²) in [6.07, 6.45) is 0. The van der Waals surface area contributed by atoms with Crippen molar-refractivity contribution in [3.63, 3.8) is 0 Å². The molecular weight excluding hydrogens is 647 g/mol. The average molecular weight is 672 g/mol. The van der Waals surface area contributed by atoms with Crippen molar-refractivity contribution in [3.05, 3.63) is 152 Å². The van der Waals surface area contributed by atoms with Crippen LogP contribution < -0.4 is 0 Å². The third-order valence-corrected chi connectivity index (χ3v) is 11.0. The molecule has 0 aliphatic heterocycles. The molecule has 0 atom stereocenters. The molecule has 11 rings (SSSR count). The lowest BCUT2D eigenvalue weighted by molar-refractivity contribution is 0.669. The van der Waals surface area contributed by atoms with Crippen LogP contribution in [0, 0.1) is 0 Å². The van der Waals surface area contributed by atoms with Gasteiger partial charge in [-0.25, -0.2) is 15.0 Å². The number of aromatic nitrogens is 3. The first-order valence-electron chi connectivity index (χ1n) is 16.8. The maximum atomic E-state index is 6.45. The maximum absolute atomic E-state index is 6.45. The number of nitrogens with zero attached hydrogens (tertiary/aromatic N) is 3. The van der Waals surface area contributed by atoms with E-state index in [-0.39, 0.29) is 0 Å². The fourth-order valence-corrected chi connectivity index (χ4v) is 8.54. The van der Waals surface area contributed by atoms with Crippen LogP contribution >= 0.6 is 11.3 Å². The van der Waals surface area contributed by atoms with Crippen molar-refractivity contribution in [2.75, 3.05) is 0 Å². The van der Waals surface area contributed by atoms with Gasteiger partial charge < -0.3 is 8.83 Å². The number of hydrogen-bond acceptors (Lipinski definition) is 6. The van der Waals surface area contributed by atoms with Crippen LogP contribution in [0.1, 0.15) is 0 Å². The van der Waals surface area contributed by atoms with E-state index in [1.54, 1.807) is 11.3 Å². The zero-order valence-corrected chi connectivity index (χ0v) is 27.8. The molecule has 0 spiro atoms. The summed E-state index contributed by atoms with van der Waals surface area (Å²) >= 11 is 1.80. The van der Waals surface area contributed by atoms with E-state index in [2.05, 4.69) is 84.9 Å². The molecule has 6 heteroatoms. The Morgan fingerprint density at radius 1 is 0.373 bits per heavy atom. The van der Waals surface area contributed by atoms with Crippen molar-refractivity contribution in [1.82, 2.24) is 15.0 Å². The minimum Gasteiger partial charge on any atom is -0.456 e. The Balaban J connectivity index is 1.08. The first kappa shape index (κ1) is 28.2.